The lowest BCUT2D eigenvalue weighted by atomic mass is 9.60. The first kappa shape index (κ1) is 33.2. The summed E-state index contributed by atoms with van der Waals surface area (Å²) in [6.07, 6.45) is 17.5. The van der Waals surface area contributed by atoms with Gasteiger partial charge in [0.05, 0.1) is 30.1 Å². The van der Waals surface area contributed by atoms with E-state index in [-0.39, 0.29) is 29.5 Å². The van der Waals surface area contributed by atoms with Crippen LogP contribution in [0.2, 0.25) is 0 Å². The fraction of sp³-hybridized carbons (Fsp3) is 0.730. The topological polar surface area (TPSA) is 116 Å². The van der Waals surface area contributed by atoms with Gasteiger partial charge in [0.15, 0.2) is 0 Å². The summed E-state index contributed by atoms with van der Waals surface area (Å²) in [4.78, 5) is 21.3. The fourth-order valence-corrected chi connectivity index (χ4v) is 8.93. The molecule has 8 atom stereocenters. The molecule has 4 saturated carbocycles. The molecule has 4 fully saturated rings. The van der Waals surface area contributed by atoms with Gasteiger partial charge in [0.1, 0.15) is 11.9 Å². The number of H-pyrrole nitrogens is 1. The van der Waals surface area contributed by atoms with E-state index in [4.69, 9.17) is 9.72 Å². The second kappa shape index (κ2) is 13.6. The van der Waals surface area contributed by atoms with E-state index in [2.05, 4.69) is 44.5 Å². The highest BCUT2D eigenvalue weighted by atomic mass is 16.5. The van der Waals surface area contributed by atoms with Crippen LogP contribution in [0.15, 0.2) is 41.6 Å². The fourth-order valence-electron chi connectivity index (χ4n) is 8.93. The summed E-state index contributed by atoms with van der Waals surface area (Å²) in [5, 5.41) is 30.1. The van der Waals surface area contributed by atoms with Crippen molar-refractivity contribution in [2.24, 2.45) is 29.1 Å². The Labute approximate surface area is 264 Å². The molecular formula is C37H56N2O5. The van der Waals surface area contributed by atoms with Crippen LogP contribution in [0, 0.1) is 29.1 Å². The largest absolute Gasteiger partial charge is 0.461 e. The summed E-state index contributed by atoms with van der Waals surface area (Å²) in [5.41, 5.74) is 4.34. The maximum Gasteiger partial charge on any atom is 0.311 e. The number of carbonyl (C=O) groups is 1. The van der Waals surface area contributed by atoms with Gasteiger partial charge in [-0.15, -0.1) is 0 Å². The van der Waals surface area contributed by atoms with Crippen LogP contribution >= 0.6 is 0 Å². The second-order valence-electron chi connectivity index (χ2n) is 14.9. The van der Waals surface area contributed by atoms with Gasteiger partial charge >= 0.3 is 5.97 Å². The molecule has 4 N–H and O–H groups in total. The van der Waals surface area contributed by atoms with Crippen LogP contribution in [0.5, 0.6) is 0 Å². The molecule has 0 amide bonds. The van der Waals surface area contributed by atoms with Gasteiger partial charge in [-0.1, -0.05) is 51.5 Å². The van der Waals surface area contributed by atoms with Crippen molar-refractivity contribution >= 4 is 5.97 Å². The highest BCUT2D eigenvalue weighted by Gasteiger charge is 2.56. The molecule has 244 valence electrons. The van der Waals surface area contributed by atoms with Crippen molar-refractivity contribution in [1.82, 2.24) is 9.97 Å². The zero-order chi connectivity index (χ0) is 31.6. The van der Waals surface area contributed by atoms with E-state index < -0.39 is 18.1 Å². The van der Waals surface area contributed by atoms with Gasteiger partial charge in [0, 0.05) is 18.3 Å². The third-order valence-electron chi connectivity index (χ3n) is 11.8. The summed E-state index contributed by atoms with van der Waals surface area (Å²) in [6, 6.07) is 0. The molecule has 0 saturated heterocycles. The van der Waals surface area contributed by atoms with Gasteiger partial charge in [-0.3, -0.25) is 4.79 Å². The highest BCUT2D eigenvalue weighted by Crippen LogP contribution is 2.60. The molecule has 1 aromatic rings. The Hall–Kier alpha value is -2.22. The van der Waals surface area contributed by atoms with E-state index in [9.17, 15) is 20.1 Å². The van der Waals surface area contributed by atoms with Gasteiger partial charge in [0.25, 0.3) is 0 Å². The average Bonchev–Trinajstić information content (AvgIpc) is 3.52. The van der Waals surface area contributed by atoms with Crippen molar-refractivity contribution < 1.29 is 24.9 Å². The number of nitrogens with one attached hydrogen (secondary N) is 1. The molecule has 7 heteroatoms. The Morgan fingerprint density at radius 3 is 2.68 bits per heavy atom. The third-order valence-corrected chi connectivity index (χ3v) is 11.8. The summed E-state index contributed by atoms with van der Waals surface area (Å²) >= 11 is 0. The SMILES string of the molecule is C=C1/C(=C\C=C2/CCC[C@]3(C)[C@@H]([C@H](C)CC[C@@H](OC(=O)C(C)CO)C4(c5ncc(CCC)[nH]5)CC4)CC[C@@H]23)C[C@@H](O)C[C@@H]1O. The van der Waals surface area contributed by atoms with Gasteiger partial charge in [-0.25, -0.2) is 4.98 Å². The first-order valence-corrected chi connectivity index (χ1v) is 17.3. The number of aryl methyl sites for hydroxylation is 1. The number of carbonyl (C=O) groups excluding carboxylic acids is 1. The Morgan fingerprint density at radius 1 is 1.20 bits per heavy atom. The van der Waals surface area contributed by atoms with Crippen LogP contribution in [-0.2, 0) is 21.4 Å². The molecule has 44 heavy (non-hydrogen) atoms. The van der Waals surface area contributed by atoms with E-state index in [0.717, 1.165) is 67.6 Å². The predicted octanol–water partition coefficient (Wildman–Crippen LogP) is 6.49. The summed E-state index contributed by atoms with van der Waals surface area (Å²) in [6.45, 7) is 12.7. The first-order chi connectivity index (χ1) is 21.0. The molecule has 1 heterocycles. The van der Waals surface area contributed by atoms with Crippen molar-refractivity contribution in [2.75, 3.05) is 6.61 Å². The molecule has 1 unspecified atom stereocenters. The number of aromatic amines is 1. The van der Waals surface area contributed by atoms with Crippen LogP contribution in [0.1, 0.15) is 116 Å². The Bertz CT molecular complexity index is 1240. The van der Waals surface area contributed by atoms with Crippen molar-refractivity contribution in [3.8, 4) is 0 Å². The lowest BCUT2D eigenvalue weighted by molar-refractivity contribution is -0.157. The number of nitrogens with zero attached hydrogens (tertiary/aromatic N) is 1. The maximum atomic E-state index is 12.9. The molecule has 0 spiro atoms. The van der Waals surface area contributed by atoms with E-state index >= 15 is 0 Å². The standard InChI is InChI=1S/C37H56N2O5/c1-6-8-28-21-38-35(39-28)37(17-18-37)33(44-34(43)24(3)22-40)15-10-23(2)30-13-14-31-26(9-7-16-36(30,31)5)11-12-27-19-29(41)20-32(42)25(27)4/h11-12,21,23-24,29-33,40-42H,4,6-10,13-20,22H2,1-3,5H3,(H,38,39)/b26-11+,27-12-/t23-,24?,29-,30-,31+,32+,33-,36-/m1/s1. The number of ether oxygens (including phenoxy) is 1. The Kier molecular flexibility index (Phi) is 10.3. The number of esters is 1. The number of aliphatic hydroxyl groups excluding tert-OH is 3. The monoisotopic (exact) mass is 608 g/mol. The second-order valence-corrected chi connectivity index (χ2v) is 14.9. The molecule has 0 radical (unpaired) electrons. The number of rotatable bonds is 12. The number of fused-ring (bicyclic) bond motifs is 1. The average molecular weight is 609 g/mol. The van der Waals surface area contributed by atoms with E-state index in [1.54, 1.807) is 6.92 Å². The smallest absolute Gasteiger partial charge is 0.311 e. The Balaban J connectivity index is 1.29. The van der Waals surface area contributed by atoms with Crippen LogP contribution in [-0.4, -0.2) is 56.2 Å². The van der Waals surface area contributed by atoms with Crippen molar-refractivity contribution in [3.05, 3.63) is 53.2 Å². The lowest BCUT2D eigenvalue weighted by Crippen LogP contribution is -2.38. The lowest BCUT2D eigenvalue weighted by Gasteiger charge is -2.44. The molecule has 0 aliphatic heterocycles. The molecule has 4 aliphatic carbocycles. The third kappa shape index (κ3) is 6.66. The zero-order valence-electron chi connectivity index (χ0n) is 27.5. The van der Waals surface area contributed by atoms with E-state index in [1.165, 1.54) is 31.3 Å². The minimum atomic E-state index is -0.660. The molecular weight excluding hydrogens is 552 g/mol. The number of hydrogen-bond acceptors (Lipinski definition) is 6. The van der Waals surface area contributed by atoms with Crippen LogP contribution in [0.3, 0.4) is 0 Å². The van der Waals surface area contributed by atoms with Crippen LogP contribution < -0.4 is 0 Å². The van der Waals surface area contributed by atoms with Crippen LogP contribution in [0.4, 0.5) is 0 Å². The minimum Gasteiger partial charge on any atom is -0.461 e. The molecule has 0 aromatic carbocycles. The van der Waals surface area contributed by atoms with Gasteiger partial charge in [-0.05, 0) is 112 Å². The summed E-state index contributed by atoms with van der Waals surface area (Å²) in [5.74, 6) is 1.73. The van der Waals surface area contributed by atoms with Gasteiger partial charge in [-0.2, -0.15) is 0 Å². The zero-order valence-corrected chi connectivity index (χ0v) is 27.5. The van der Waals surface area contributed by atoms with Gasteiger partial charge in [0.2, 0.25) is 0 Å². The molecule has 5 rings (SSSR count). The molecule has 0 bridgehead atoms. The summed E-state index contributed by atoms with van der Waals surface area (Å²) in [7, 11) is 0. The number of hydrogen-bond donors (Lipinski definition) is 4. The first-order valence-electron chi connectivity index (χ1n) is 17.3. The molecule has 7 nitrogen and oxygen atoms in total. The Morgan fingerprint density at radius 2 is 1.98 bits per heavy atom. The van der Waals surface area contributed by atoms with Crippen molar-refractivity contribution in [2.45, 2.75) is 135 Å². The summed E-state index contributed by atoms with van der Waals surface area (Å²) < 4.78 is 6.21. The molecule has 4 aliphatic rings. The number of aliphatic hydroxyl groups is 3. The van der Waals surface area contributed by atoms with Crippen molar-refractivity contribution in [3.63, 3.8) is 0 Å². The number of aromatic nitrogens is 2. The van der Waals surface area contributed by atoms with E-state index in [0.29, 0.717) is 30.6 Å². The maximum absolute atomic E-state index is 12.9. The highest BCUT2D eigenvalue weighted by molar-refractivity contribution is 5.72. The van der Waals surface area contributed by atoms with E-state index in [1.807, 2.05) is 6.20 Å². The number of imidazole rings is 1. The quantitative estimate of drug-likeness (QED) is 0.202. The van der Waals surface area contributed by atoms with Crippen LogP contribution in [0.25, 0.3) is 0 Å². The van der Waals surface area contributed by atoms with Gasteiger partial charge < -0.3 is 25.0 Å². The number of allylic oxidation sites excluding steroid dienone is 3. The van der Waals surface area contributed by atoms with Crippen molar-refractivity contribution in [1.29, 1.82) is 0 Å². The predicted molar refractivity (Wildman–Crippen MR) is 173 cm³/mol. The molecule has 1 aromatic heterocycles. The minimum absolute atomic E-state index is 0.208. The normalized spacial score (nSPS) is 33.7.